The summed E-state index contributed by atoms with van der Waals surface area (Å²) in [7, 11) is 0. The first-order valence-electron chi connectivity index (χ1n) is 8.59. The number of carbonyl (C=O) groups is 1. The Morgan fingerprint density at radius 2 is 2.08 bits per heavy atom. The van der Waals surface area contributed by atoms with Crippen molar-refractivity contribution in [3.8, 4) is 11.1 Å². The first-order valence-corrected chi connectivity index (χ1v) is 8.59. The summed E-state index contributed by atoms with van der Waals surface area (Å²) in [6.45, 7) is 4.68. The number of nitrogens with zero attached hydrogens (tertiary/aromatic N) is 2. The van der Waals surface area contributed by atoms with Gasteiger partial charge in [0.25, 0.3) is 0 Å². The van der Waals surface area contributed by atoms with E-state index in [1.165, 1.54) is 5.56 Å². The lowest BCUT2D eigenvalue weighted by Gasteiger charge is -2.26. The van der Waals surface area contributed by atoms with Crippen molar-refractivity contribution in [1.29, 1.82) is 0 Å². The molecule has 128 valence electrons. The number of rotatable bonds is 3. The maximum absolute atomic E-state index is 12.5. The summed E-state index contributed by atoms with van der Waals surface area (Å²) < 4.78 is 5.32. The van der Waals surface area contributed by atoms with E-state index in [2.05, 4.69) is 47.2 Å². The average molecular weight is 335 g/mol. The standard InChI is InChI=1S/C20H21N3O2/c1-14-3-2-4-15(9-14)16-10-18-17(13-22-20(18)21-12-16)11-19(24)23-5-7-25-8-6-23/h2-4,9-10,12-13H,5-8,11H2,1H3,(H,21,22). The molecule has 2 aromatic heterocycles. The van der Waals surface area contributed by atoms with Crippen molar-refractivity contribution >= 4 is 16.9 Å². The molecule has 3 aromatic rings. The van der Waals surface area contributed by atoms with E-state index in [1.54, 1.807) is 0 Å². The molecule has 4 rings (SSSR count). The van der Waals surface area contributed by atoms with Crippen molar-refractivity contribution < 1.29 is 9.53 Å². The summed E-state index contributed by atoms with van der Waals surface area (Å²) in [6, 6.07) is 10.5. The maximum atomic E-state index is 12.5. The van der Waals surface area contributed by atoms with Crippen molar-refractivity contribution in [2.24, 2.45) is 0 Å². The molecule has 1 aromatic carbocycles. The maximum Gasteiger partial charge on any atom is 0.227 e. The van der Waals surface area contributed by atoms with Gasteiger partial charge in [0.15, 0.2) is 0 Å². The molecule has 25 heavy (non-hydrogen) atoms. The molecule has 0 radical (unpaired) electrons. The minimum atomic E-state index is 0.144. The van der Waals surface area contributed by atoms with Crippen molar-refractivity contribution in [3.05, 3.63) is 53.9 Å². The van der Waals surface area contributed by atoms with E-state index in [1.807, 2.05) is 17.3 Å². The number of fused-ring (bicyclic) bond motifs is 1. The first kappa shape index (κ1) is 15.8. The molecule has 1 saturated heterocycles. The Labute approximate surface area is 146 Å². The van der Waals surface area contributed by atoms with E-state index in [0.717, 1.165) is 27.7 Å². The van der Waals surface area contributed by atoms with Crippen LogP contribution < -0.4 is 0 Å². The van der Waals surface area contributed by atoms with E-state index in [-0.39, 0.29) is 5.91 Å². The van der Waals surface area contributed by atoms with Gasteiger partial charge in [0, 0.05) is 36.4 Å². The van der Waals surface area contributed by atoms with Crippen molar-refractivity contribution in [2.45, 2.75) is 13.3 Å². The Kier molecular flexibility index (Phi) is 4.24. The number of hydrogen-bond acceptors (Lipinski definition) is 3. The smallest absolute Gasteiger partial charge is 0.227 e. The Hall–Kier alpha value is -2.66. The van der Waals surface area contributed by atoms with Crippen LogP contribution in [0.25, 0.3) is 22.2 Å². The Bertz CT molecular complexity index is 910. The number of nitrogens with one attached hydrogen (secondary N) is 1. The van der Waals surface area contributed by atoms with Crippen LogP contribution in [0.15, 0.2) is 42.7 Å². The van der Waals surface area contributed by atoms with Crippen molar-refractivity contribution in [3.63, 3.8) is 0 Å². The lowest BCUT2D eigenvalue weighted by Crippen LogP contribution is -2.41. The molecule has 0 spiro atoms. The number of carbonyl (C=O) groups excluding carboxylic acids is 1. The second-order valence-electron chi connectivity index (χ2n) is 6.47. The molecular formula is C20H21N3O2. The predicted octanol–water partition coefficient (Wildman–Crippen LogP) is 2.94. The molecule has 0 aliphatic carbocycles. The lowest BCUT2D eigenvalue weighted by molar-refractivity contribution is -0.134. The first-order chi connectivity index (χ1) is 12.2. The van der Waals surface area contributed by atoms with Crippen LogP contribution in [0.5, 0.6) is 0 Å². The van der Waals surface area contributed by atoms with Gasteiger partial charge < -0.3 is 14.6 Å². The second-order valence-corrected chi connectivity index (χ2v) is 6.47. The third-order valence-corrected chi connectivity index (χ3v) is 4.67. The zero-order valence-electron chi connectivity index (χ0n) is 14.3. The Morgan fingerprint density at radius 3 is 2.88 bits per heavy atom. The summed E-state index contributed by atoms with van der Waals surface area (Å²) in [6.07, 6.45) is 4.16. The molecular weight excluding hydrogens is 314 g/mol. The fourth-order valence-corrected chi connectivity index (χ4v) is 3.27. The number of hydrogen-bond donors (Lipinski definition) is 1. The largest absolute Gasteiger partial charge is 0.378 e. The van der Waals surface area contributed by atoms with Gasteiger partial charge in [0.05, 0.1) is 19.6 Å². The molecule has 0 unspecified atom stereocenters. The number of H-pyrrole nitrogens is 1. The van der Waals surface area contributed by atoms with Gasteiger partial charge in [-0.2, -0.15) is 0 Å². The molecule has 3 heterocycles. The minimum absolute atomic E-state index is 0.144. The fourth-order valence-electron chi connectivity index (χ4n) is 3.27. The monoisotopic (exact) mass is 335 g/mol. The second kappa shape index (κ2) is 6.69. The predicted molar refractivity (Wildman–Crippen MR) is 97.4 cm³/mol. The van der Waals surface area contributed by atoms with Gasteiger partial charge in [0.1, 0.15) is 5.65 Å². The van der Waals surface area contributed by atoms with Crippen LogP contribution in [-0.4, -0.2) is 47.1 Å². The van der Waals surface area contributed by atoms with Crippen LogP contribution in [0.4, 0.5) is 0 Å². The third-order valence-electron chi connectivity index (χ3n) is 4.67. The van der Waals surface area contributed by atoms with E-state index in [9.17, 15) is 4.79 Å². The molecule has 5 heteroatoms. The normalized spacial score (nSPS) is 14.8. The van der Waals surface area contributed by atoms with Crippen LogP contribution in [0.1, 0.15) is 11.1 Å². The van der Waals surface area contributed by atoms with E-state index in [4.69, 9.17) is 4.74 Å². The van der Waals surface area contributed by atoms with Crippen LogP contribution in [0, 0.1) is 6.92 Å². The minimum Gasteiger partial charge on any atom is -0.378 e. The van der Waals surface area contributed by atoms with Gasteiger partial charge >= 0.3 is 0 Å². The van der Waals surface area contributed by atoms with Gasteiger partial charge in [-0.3, -0.25) is 4.79 Å². The molecule has 1 aliphatic rings. The van der Waals surface area contributed by atoms with Crippen LogP contribution in [0.3, 0.4) is 0 Å². The number of amides is 1. The van der Waals surface area contributed by atoms with Gasteiger partial charge in [-0.15, -0.1) is 0 Å². The summed E-state index contributed by atoms with van der Waals surface area (Å²) in [5.74, 6) is 0.144. The number of morpholine rings is 1. The Morgan fingerprint density at radius 1 is 1.24 bits per heavy atom. The summed E-state index contributed by atoms with van der Waals surface area (Å²) in [4.78, 5) is 22.1. The molecule has 1 amide bonds. The van der Waals surface area contributed by atoms with Gasteiger partial charge in [-0.25, -0.2) is 4.98 Å². The number of aromatic nitrogens is 2. The third kappa shape index (κ3) is 3.28. The number of aromatic amines is 1. The molecule has 0 saturated carbocycles. The van der Waals surface area contributed by atoms with E-state index >= 15 is 0 Å². The van der Waals surface area contributed by atoms with Gasteiger partial charge in [-0.1, -0.05) is 29.8 Å². The summed E-state index contributed by atoms with van der Waals surface area (Å²) in [5.41, 5.74) is 5.24. The zero-order chi connectivity index (χ0) is 17.2. The fraction of sp³-hybridized carbons (Fsp3) is 0.300. The Balaban J connectivity index is 1.63. The molecule has 5 nitrogen and oxygen atoms in total. The van der Waals surface area contributed by atoms with Gasteiger partial charge in [0.2, 0.25) is 5.91 Å². The number of ether oxygens (including phenoxy) is 1. The highest BCUT2D eigenvalue weighted by molar-refractivity contribution is 5.89. The van der Waals surface area contributed by atoms with E-state index in [0.29, 0.717) is 32.7 Å². The molecule has 1 aliphatic heterocycles. The lowest BCUT2D eigenvalue weighted by atomic mass is 10.0. The number of pyridine rings is 1. The van der Waals surface area contributed by atoms with Crippen molar-refractivity contribution in [1.82, 2.24) is 14.9 Å². The SMILES string of the molecule is Cc1cccc(-c2cnc3[nH]cc(CC(=O)N4CCOCC4)c3c2)c1. The number of aryl methyl sites for hydroxylation is 1. The van der Waals surface area contributed by atoms with E-state index < -0.39 is 0 Å². The highest BCUT2D eigenvalue weighted by atomic mass is 16.5. The highest BCUT2D eigenvalue weighted by Crippen LogP contribution is 2.26. The highest BCUT2D eigenvalue weighted by Gasteiger charge is 2.19. The van der Waals surface area contributed by atoms with Crippen molar-refractivity contribution in [2.75, 3.05) is 26.3 Å². The molecule has 0 atom stereocenters. The van der Waals surface area contributed by atoms with Crippen LogP contribution in [0.2, 0.25) is 0 Å². The molecule has 1 N–H and O–H groups in total. The van der Waals surface area contributed by atoms with Crippen LogP contribution >= 0.6 is 0 Å². The average Bonchev–Trinajstić information content (AvgIpc) is 3.04. The number of benzene rings is 1. The summed E-state index contributed by atoms with van der Waals surface area (Å²) in [5, 5.41) is 1.01. The summed E-state index contributed by atoms with van der Waals surface area (Å²) >= 11 is 0. The van der Waals surface area contributed by atoms with Crippen LogP contribution in [-0.2, 0) is 16.0 Å². The zero-order valence-corrected chi connectivity index (χ0v) is 14.3. The quantitative estimate of drug-likeness (QED) is 0.800. The van der Waals surface area contributed by atoms with Gasteiger partial charge in [-0.05, 0) is 24.1 Å². The topological polar surface area (TPSA) is 58.2 Å². The molecule has 0 bridgehead atoms. The molecule has 1 fully saturated rings.